The van der Waals surface area contributed by atoms with Crippen LogP contribution in [0.15, 0.2) is 131 Å². The number of benzene rings is 5. The van der Waals surface area contributed by atoms with Gasteiger partial charge in [-0.3, -0.25) is 0 Å². The Bertz CT molecular complexity index is 4330. The molecule has 334 valence electrons. The molecule has 0 bridgehead atoms. The summed E-state index contributed by atoms with van der Waals surface area (Å²) in [5.74, 6) is 0.217. The predicted octanol–water partition coefficient (Wildman–Crippen LogP) is 15.8. The van der Waals surface area contributed by atoms with E-state index in [4.69, 9.17) is 0 Å². The highest BCUT2D eigenvalue weighted by Crippen LogP contribution is 2.55. The van der Waals surface area contributed by atoms with Gasteiger partial charge < -0.3 is 13.7 Å². The minimum atomic E-state index is -0.0558. The molecule has 3 nitrogen and oxygen atoms in total. The summed E-state index contributed by atoms with van der Waals surface area (Å²) in [5.41, 5.74) is 23.0. The first kappa shape index (κ1) is 39.4. The van der Waals surface area contributed by atoms with E-state index < -0.39 is 0 Å². The quantitative estimate of drug-likeness (QED) is 0.168. The molecule has 1 atom stereocenters. The normalized spacial score (nSPS) is 18.3. The lowest BCUT2D eigenvalue weighted by Crippen LogP contribution is -2.34. The van der Waals surface area contributed by atoms with Crippen LogP contribution in [0, 0.1) is 0 Å². The third-order valence-corrected chi connectivity index (χ3v) is 21.0. The maximum atomic E-state index is 2.61. The first-order valence-electron chi connectivity index (χ1n) is 24.7. The van der Waals surface area contributed by atoms with Crippen molar-refractivity contribution in [2.75, 3.05) is 0 Å². The van der Waals surface area contributed by atoms with Crippen LogP contribution in [-0.2, 0) is 22.7 Å². The summed E-state index contributed by atoms with van der Waals surface area (Å²) in [6.45, 7) is 14.5. The standard InChI is InChI=1S/C63H49N3S3/c1-61(2)46-13-7-10-40-43-31-34(16-19-49(43)64(55(40)46)52-22-25-67-58(52)61)37-28-38(35-17-20-50-44(32-35)41-11-8-14-47-56(41)65(50)53-23-26-68-59(53)62(47,3)4)30-39(29-37)36-18-21-51-45(33-36)42-12-9-15-48-57(42)66(51)54-24-27-69-60(54)63(48,5)6/h7-8,10-11,13-16,18-33,35H,9,12,17H2,1-6H3. The number of hydrogen-bond donors (Lipinski definition) is 0. The minimum absolute atomic E-state index is 0.00870. The van der Waals surface area contributed by atoms with Gasteiger partial charge in [0.1, 0.15) is 0 Å². The number of aryl methyl sites for hydroxylation is 1. The van der Waals surface area contributed by atoms with Crippen molar-refractivity contribution < 1.29 is 0 Å². The largest absolute Gasteiger partial charge is 0.308 e. The number of thiophene rings is 3. The third-order valence-electron chi connectivity index (χ3n) is 17.3. The molecule has 1 unspecified atom stereocenters. The summed E-state index contributed by atoms with van der Waals surface area (Å²) in [4.78, 5) is 4.36. The predicted molar refractivity (Wildman–Crippen MR) is 295 cm³/mol. The Kier molecular flexibility index (Phi) is 7.45. The molecule has 11 aromatic rings. The monoisotopic (exact) mass is 943 g/mol. The smallest absolute Gasteiger partial charge is 0.0610 e. The Morgan fingerprint density at radius 2 is 1.09 bits per heavy atom. The Morgan fingerprint density at radius 1 is 0.507 bits per heavy atom. The van der Waals surface area contributed by atoms with Crippen molar-refractivity contribution >= 4 is 95.3 Å². The molecular weight excluding hydrogens is 895 g/mol. The number of allylic oxidation sites excluding steroid dienone is 2. The van der Waals surface area contributed by atoms with Gasteiger partial charge in [-0.25, -0.2) is 0 Å². The van der Waals surface area contributed by atoms with Crippen LogP contribution in [-0.4, -0.2) is 13.7 Å². The lowest BCUT2D eigenvalue weighted by molar-refractivity contribution is 0.642. The Balaban J connectivity index is 0.921. The topological polar surface area (TPSA) is 14.8 Å². The van der Waals surface area contributed by atoms with Gasteiger partial charge in [0.05, 0.1) is 44.8 Å². The van der Waals surface area contributed by atoms with Crippen molar-refractivity contribution in [2.45, 2.75) is 83.0 Å². The molecule has 69 heavy (non-hydrogen) atoms. The molecule has 9 heterocycles. The van der Waals surface area contributed by atoms with Gasteiger partial charge >= 0.3 is 0 Å². The molecule has 0 N–H and O–H groups in total. The molecule has 0 amide bonds. The Hall–Kier alpha value is -6.44. The molecule has 0 radical (unpaired) electrons. The van der Waals surface area contributed by atoms with Crippen LogP contribution >= 0.6 is 34.0 Å². The van der Waals surface area contributed by atoms with Crippen LogP contribution in [0.2, 0.25) is 0 Å². The molecule has 0 fully saturated rings. The van der Waals surface area contributed by atoms with Gasteiger partial charge in [0.2, 0.25) is 0 Å². The van der Waals surface area contributed by atoms with Gasteiger partial charge in [-0.1, -0.05) is 120 Å². The average molecular weight is 944 g/mol. The van der Waals surface area contributed by atoms with Crippen molar-refractivity contribution in [3.63, 3.8) is 0 Å². The lowest BCUT2D eigenvalue weighted by atomic mass is 9.74. The molecule has 3 aliphatic heterocycles. The number of hydrogen-bond acceptors (Lipinski definition) is 3. The van der Waals surface area contributed by atoms with E-state index in [9.17, 15) is 0 Å². The highest BCUT2D eigenvalue weighted by atomic mass is 32.1. The van der Waals surface area contributed by atoms with Crippen molar-refractivity contribution in [2.24, 2.45) is 0 Å². The molecule has 0 spiro atoms. The van der Waals surface area contributed by atoms with Crippen molar-refractivity contribution in [1.29, 1.82) is 0 Å². The van der Waals surface area contributed by atoms with Crippen LogP contribution < -0.4 is 10.6 Å². The number of rotatable bonds is 3. The summed E-state index contributed by atoms with van der Waals surface area (Å²) < 4.78 is 7.72. The summed E-state index contributed by atoms with van der Waals surface area (Å²) in [7, 11) is 0. The second-order valence-corrected chi connectivity index (χ2v) is 24.7. The average Bonchev–Trinajstić information content (AvgIpc) is 4.23. The number of para-hydroxylation sites is 2. The maximum absolute atomic E-state index is 2.61. The number of aromatic nitrogens is 3. The van der Waals surface area contributed by atoms with Crippen molar-refractivity contribution in [1.82, 2.24) is 13.7 Å². The van der Waals surface area contributed by atoms with E-state index in [0.29, 0.717) is 0 Å². The molecule has 5 aliphatic rings. The van der Waals surface area contributed by atoms with Gasteiger partial charge in [-0.05, 0) is 134 Å². The van der Waals surface area contributed by atoms with E-state index in [0.717, 1.165) is 19.3 Å². The summed E-state index contributed by atoms with van der Waals surface area (Å²) in [5, 5.41) is 15.0. The number of fused-ring (bicyclic) bond motifs is 15. The van der Waals surface area contributed by atoms with Gasteiger partial charge in [0, 0.05) is 68.9 Å². The second-order valence-electron chi connectivity index (χ2n) is 22.0. The lowest BCUT2D eigenvalue weighted by Gasteiger charge is -2.36. The highest BCUT2D eigenvalue weighted by molar-refractivity contribution is 7.11. The van der Waals surface area contributed by atoms with Crippen LogP contribution in [0.5, 0.6) is 0 Å². The molecule has 0 saturated carbocycles. The minimum Gasteiger partial charge on any atom is -0.308 e. The SMILES string of the molecule is CC1(C)C2=CCCc3c2n(c2ccc(-c4cc(-c5ccc6c(c5)c5cccc7c5n6-c5ccsc5C7(C)C)cc(C5C=c6c(n7c8c(cccc68)C(C)(C)c6sccc6-7)=CC5)c4)cc32)-c2ccsc21. The van der Waals surface area contributed by atoms with E-state index in [1.807, 2.05) is 34.0 Å². The Labute approximate surface area is 413 Å². The van der Waals surface area contributed by atoms with Gasteiger partial charge in [-0.15, -0.1) is 34.0 Å². The molecule has 16 rings (SSSR count). The van der Waals surface area contributed by atoms with E-state index in [2.05, 4.69) is 199 Å². The summed E-state index contributed by atoms with van der Waals surface area (Å²) >= 11 is 5.69. The fraction of sp³-hybridized carbons (Fsp3) is 0.206. The Morgan fingerprint density at radius 3 is 1.77 bits per heavy atom. The molecule has 6 aromatic heterocycles. The number of nitrogens with zero attached hydrogens (tertiary/aromatic N) is 3. The molecule has 2 aliphatic carbocycles. The fourth-order valence-corrected chi connectivity index (χ4v) is 17.0. The first-order chi connectivity index (χ1) is 33.5. The third kappa shape index (κ3) is 4.83. The second kappa shape index (κ2) is 13.0. The van der Waals surface area contributed by atoms with Gasteiger partial charge in [0.25, 0.3) is 0 Å². The van der Waals surface area contributed by atoms with Gasteiger partial charge in [-0.2, -0.15) is 0 Å². The molecule has 6 heteroatoms. The summed E-state index contributed by atoms with van der Waals surface area (Å²) in [6.07, 6.45) is 10.8. The van der Waals surface area contributed by atoms with E-state index in [1.54, 1.807) is 0 Å². The zero-order chi connectivity index (χ0) is 46.0. The molecular formula is C63H49N3S3. The highest BCUT2D eigenvalue weighted by Gasteiger charge is 2.42. The van der Waals surface area contributed by atoms with Crippen LogP contribution in [0.4, 0.5) is 0 Å². The van der Waals surface area contributed by atoms with Crippen molar-refractivity contribution in [3.8, 4) is 39.3 Å². The molecule has 5 aromatic carbocycles. The van der Waals surface area contributed by atoms with Crippen molar-refractivity contribution in [3.05, 3.63) is 185 Å². The van der Waals surface area contributed by atoms with Crippen LogP contribution in [0.1, 0.15) is 103 Å². The van der Waals surface area contributed by atoms with E-state index in [1.165, 1.54) is 142 Å². The van der Waals surface area contributed by atoms with Crippen LogP contribution in [0.3, 0.4) is 0 Å². The van der Waals surface area contributed by atoms with E-state index >= 15 is 0 Å². The van der Waals surface area contributed by atoms with Gasteiger partial charge in [0.15, 0.2) is 0 Å². The zero-order valence-electron chi connectivity index (χ0n) is 39.6. The zero-order valence-corrected chi connectivity index (χ0v) is 42.1. The first-order valence-corrected chi connectivity index (χ1v) is 27.3. The van der Waals surface area contributed by atoms with Crippen LogP contribution in [0.25, 0.3) is 101 Å². The summed E-state index contributed by atoms with van der Waals surface area (Å²) in [6, 6.07) is 43.2. The molecule has 0 saturated heterocycles. The maximum Gasteiger partial charge on any atom is 0.0610 e. The fourth-order valence-electron chi connectivity index (χ4n) is 14.0. The van der Waals surface area contributed by atoms with E-state index in [-0.39, 0.29) is 22.2 Å².